The van der Waals surface area contributed by atoms with Gasteiger partial charge in [0.25, 0.3) is 5.91 Å². The van der Waals surface area contributed by atoms with E-state index in [4.69, 9.17) is 0 Å². The Kier molecular flexibility index (Phi) is 4.76. The summed E-state index contributed by atoms with van der Waals surface area (Å²) in [5.74, 6) is -0.458. The van der Waals surface area contributed by atoms with Crippen LogP contribution in [0.25, 0.3) is 0 Å². The number of amides is 4. The largest absolute Gasteiger partial charge is 0.341 e. The molecule has 0 aromatic heterocycles. The van der Waals surface area contributed by atoms with Crippen LogP contribution in [0.15, 0.2) is 0 Å². The first kappa shape index (κ1) is 19.1. The molecule has 2 saturated heterocycles. The Bertz CT molecular complexity index is 727. The SMILES string of the molecule is CN(C1CCN(C(=O)CN2C(=O)NC(C)(C3CC3)C2=O)CC1)S(C)(=O)=O. The van der Waals surface area contributed by atoms with Crippen LogP contribution in [-0.2, 0) is 19.6 Å². The fourth-order valence-electron chi connectivity index (χ4n) is 3.78. The molecular formula is C16H26N4O5S. The van der Waals surface area contributed by atoms with Crippen LogP contribution < -0.4 is 5.32 Å². The molecule has 2 aliphatic heterocycles. The van der Waals surface area contributed by atoms with E-state index in [1.807, 2.05) is 0 Å². The summed E-state index contributed by atoms with van der Waals surface area (Å²) in [5, 5.41) is 2.73. The summed E-state index contributed by atoms with van der Waals surface area (Å²) in [6, 6.07) is -0.645. The molecule has 0 aromatic rings. The molecule has 1 aliphatic carbocycles. The number of nitrogens with one attached hydrogen (secondary N) is 1. The quantitative estimate of drug-likeness (QED) is 0.647. The molecule has 26 heavy (non-hydrogen) atoms. The summed E-state index contributed by atoms with van der Waals surface area (Å²) in [7, 11) is -1.72. The van der Waals surface area contributed by atoms with Crippen molar-refractivity contribution >= 4 is 27.9 Å². The van der Waals surface area contributed by atoms with Crippen LogP contribution in [0.1, 0.15) is 32.6 Å². The minimum atomic E-state index is -3.26. The van der Waals surface area contributed by atoms with Gasteiger partial charge in [0.05, 0.1) is 6.26 Å². The first-order chi connectivity index (χ1) is 12.0. The summed E-state index contributed by atoms with van der Waals surface area (Å²) in [5.41, 5.74) is -0.886. The number of rotatable bonds is 5. The Hall–Kier alpha value is -1.68. The van der Waals surface area contributed by atoms with Crippen molar-refractivity contribution < 1.29 is 22.8 Å². The third-order valence-electron chi connectivity index (χ3n) is 5.84. The average molecular weight is 386 g/mol. The van der Waals surface area contributed by atoms with Gasteiger partial charge in [-0.1, -0.05) is 0 Å². The van der Waals surface area contributed by atoms with Crippen LogP contribution in [0, 0.1) is 5.92 Å². The van der Waals surface area contributed by atoms with Crippen LogP contribution in [0.3, 0.4) is 0 Å². The Morgan fingerprint density at radius 2 is 1.81 bits per heavy atom. The van der Waals surface area contributed by atoms with Gasteiger partial charge in [0.2, 0.25) is 15.9 Å². The Morgan fingerprint density at radius 1 is 1.23 bits per heavy atom. The van der Waals surface area contributed by atoms with Crippen molar-refractivity contribution in [3.05, 3.63) is 0 Å². The van der Waals surface area contributed by atoms with Gasteiger partial charge in [-0.05, 0) is 38.5 Å². The Labute approximate surface area is 153 Å². The normalized spacial score (nSPS) is 28.0. The number of likely N-dealkylation sites (tertiary alicyclic amines) is 1. The number of urea groups is 1. The predicted octanol–water partition coefficient (Wildman–Crippen LogP) is -0.411. The predicted molar refractivity (Wildman–Crippen MR) is 93.6 cm³/mol. The average Bonchev–Trinajstić information content (AvgIpc) is 3.39. The second-order valence-corrected chi connectivity index (χ2v) is 9.73. The molecule has 1 N–H and O–H groups in total. The van der Waals surface area contributed by atoms with Crippen molar-refractivity contribution in [2.45, 2.75) is 44.2 Å². The Balaban J connectivity index is 1.56. The van der Waals surface area contributed by atoms with Crippen molar-refractivity contribution in [2.24, 2.45) is 5.92 Å². The highest BCUT2D eigenvalue weighted by molar-refractivity contribution is 7.88. The lowest BCUT2D eigenvalue weighted by Gasteiger charge is -2.36. The van der Waals surface area contributed by atoms with E-state index in [1.54, 1.807) is 18.9 Å². The maximum atomic E-state index is 12.6. The molecule has 0 spiro atoms. The molecule has 1 unspecified atom stereocenters. The van der Waals surface area contributed by atoms with Gasteiger partial charge in [-0.2, -0.15) is 0 Å². The van der Waals surface area contributed by atoms with Crippen molar-refractivity contribution in [3.8, 4) is 0 Å². The van der Waals surface area contributed by atoms with E-state index in [0.717, 1.165) is 17.7 Å². The number of carbonyl (C=O) groups excluding carboxylic acids is 3. The van der Waals surface area contributed by atoms with E-state index in [0.29, 0.717) is 25.9 Å². The summed E-state index contributed by atoms with van der Waals surface area (Å²) in [6.45, 7) is 2.28. The van der Waals surface area contributed by atoms with E-state index in [2.05, 4.69) is 5.32 Å². The number of imide groups is 1. The minimum Gasteiger partial charge on any atom is -0.341 e. The van der Waals surface area contributed by atoms with Gasteiger partial charge in [-0.3, -0.25) is 14.5 Å². The van der Waals surface area contributed by atoms with Gasteiger partial charge in [-0.15, -0.1) is 0 Å². The third kappa shape index (κ3) is 3.44. The number of nitrogens with zero attached hydrogens (tertiary/aromatic N) is 3. The lowest BCUT2D eigenvalue weighted by molar-refractivity contribution is -0.139. The van der Waals surface area contributed by atoms with E-state index in [1.165, 1.54) is 10.6 Å². The molecule has 9 nitrogen and oxygen atoms in total. The first-order valence-corrected chi connectivity index (χ1v) is 10.7. The summed E-state index contributed by atoms with van der Waals surface area (Å²) < 4.78 is 24.6. The zero-order valence-corrected chi connectivity index (χ0v) is 16.2. The number of hydrogen-bond acceptors (Lipinski definition) is 5. The van der Waals surface area contributed by atoms with Gasteiger partial charge in [0.15, 0.2) is 0 Å². The number of carbonyl (C=O) groups is 3. The first-order valence-electron chi connectivity index (χ1n) is 8.89. The van der Waals surface area contributed by atoms with Gasteiger partial charge >= 0.3 is 6.03 Å². The van der Waals surface area contributed by atoms with Gasteiger partial charge < -0.3 is 10.2 Å². The van der Waals surface area contributed by atoms with Crippen molar-refractivity contribution in [3.63, 3.8) is 0 Å². The lowest BCUT2D eigenvalue weighted by Crippen LogP contribution is -2.50. The van der Waals surface area contributed by atoms with E-state index < -0.39 is 21.6 Å². The second-order valence-electron chi connectivity index (χ2n) is 7.69. The van der Waals surface area contributed by atoms with Crippen molar-refractivity contribution in [2.75, 3.05) is 32.9 Å². The molecular weight excluding hydrogens is 360 g/mol. The van der Waals surface area contributed by atoms with Crippen LogP contribution in [0.2, 0.25) is 0 Å². The minimum absolute atomic E-state index is 0.135. The number of sulfonamides is 1. The van der Waals surface area contributed by atoms with E-state index in [9.17, 15) is 22.8 Å². The molecule has 0 radical (unpaired) electrons. The van der Waals surface area contributed by atoms with E-state index >= 15 is 0 Å². The summed E-state index contributed by atoms with van der Waals surface area (Å²) in [4.78, 5) is 39.9. The van der Waals surface area contributed by atoms with Crippen LogP contribution in [0.4, 0.5) is 4.79 Å². The van der Waals surface area contributed by atoms with Crippen molar-refractivity contribution in [1.82, 2.24) is 19.4 Å². The summed E-state index contributed by atoms with van der Waals surface area (Å²) >= 11 is 0. The maximum absolute atomic E-state index is 12.6. The smallest absolute Gasteiger partial charge is 0.325 e. The highest BCUT2D eigenvalue weighted by Crippen LogP contribution is 2.42. The molecule has 3 aliphatic rings. The zero-order valence-electron chi connectivity index (χ0n) is 15.4. The fraction of sp³-hybridized carbons (Fsp3) is 0.812. The van der Waals surface area contributed by atoms with Crippen LogP contribution >= 0.6 is 0 Å². The lowest BCUT2D eigenvalue weighted by atomic mass is 9.96. The second kappa shape index (κ2) is 6.49. The number of piperidine rings is 1. The molecule has 0 bridgehead atoms. The molecule has 1 atom stereocenters. The molecule has 1 saturated carbocycles. The van der Waals surface area contributed by atoms with Gasteiger partial charge in [0, 0.05) is 26.2 Å². The molecule has 0 aromatic carbocycles. The molecule has 146 valence electrons. The van der Waals surface area contributed by atoms with Crippen LogP contribution in [0.5, 0.6) is 0 Å². The molecule has 4 amide bonds. The topological polar surface area (TPSA) is 107 Å². The maximum Gasteiger partial charge on any atom is 0.325 e. The fourth-order valence-corrected chi connectivity index (χ4v) is 4.53. The zero-order chi connectivity index (χ0) is 19.3. The highest BCUT2D eigenvalue weighted by atomic mass is 32.2. The van der Waals surface area contributed by atoms with E-state index in [-0.39, 0.29) is 30.3 Å². The van der Waals surface area contributed by atoms with Gasteiger partial charge in [-0.25, -0.2) is 17.5 Å². The third-order valence-corrected chi connectivity index (χ3v) is 7.19. The Morgan fingerprint density at radius 3 is 2.31 bits per heavy atom. The number of hydrogen-bond donors (Lipinski definition) is 1. The standard InChI is InChI=1S/C16H26N4O5S/c1-16(11-4-5-11)14(22)20(15(23)17-16)10-13(21)19-8-6-12(7-9-19)18(2)26(3,24)25/h11-12H,4-10H2,1-3H3,(H,17,23). The molecule has 10 heteroatoms. The molecule has 3 fully saturated rings. The van der Waals surface area contributed by atoms with Gasteiger partial charge in [0.1, 0.15) is 12.1 Å². The summed E-state index contributed by atoms with van der Waals surface area (Å²) in [6.07, 6.45) is 4.06. The van der Waals surface area contributed by atoms with Crippen molar-refractivity contribution in [1.29, 1.82) is 0 Å². The highest BCUT2D eigenvalue weighted by Gasteiger charge is 2.56. The molecule has 3 rings (SSSR count). The monoisotopic (exact) mass is 386 g/mol. The molecule has 2 heterocycles. The van der Waals surface area contributed by atoms with Crippen LogP contribution in [-0.4, -0.2) is 84.9 Å².